The first-order valence-corrected chi connectivity index (χ1v) is 19.5. The van der Waals surface area contributed by atoms with Gasteiger partial charge in [0.25, 0.3) is 0 Å². The Morgan fingerprint density at radius 3 is 1.23 bits per heavy atom. The van der Waals surface area contributed by atoms with Gasteiger partial charge in [0.05, 0.1) is 0 Å². The summed E-state index contributed by atoms with van der Waals surface area (Å²) in [6.07, 6.45) is 0. The molecule has 12 aromatic rings. The molecule has 0 atom stereocenters. The van der Waals surface area contributed by atoms with Crippen molar-refractivity contribution in [3.63, 3.8) is 0 Å². The third kappa shape index (κ3) is 4.60. The summed E-state index contributed by atoms with van der Waals surface area (Å²) < 4.78 is 0. The molecule has 0 bridgehead atoms. The summed E-state index contributed by atoms with van der Waals surface area (Å²) in [7, 11) is 0. The van der Waals surface area contributed by atoms with Crippen LogP contribution in [0.5, 0.6) is 0 Å². The lowest BCUT2D eigenvalue weighted by molar-refractivity contribution is 1.68. The van der Waals surface area contributed by atoms with Crippen molar-refractivity contribution in [3.05, 3.63) is 206 Å². The van der Waals surface area contributed by atoms with Gasteiger partial charge in [-0.25, -0.2) is 0 Å². The summed E-state index contributed by atoms with van der Waals surface area (Å²) in [4.78, 5) is 0. The van der Waals surface area contributed by atoms with Crippen LogP contribution in [0.15, 0.2) is 206 Å². The van der Waals surface area contributed by atoms with E-state index in [1.807, 2.05) is 0 Å². The van der Waals surface area contributed by atoms with E-state index < -0.39 is 0 Å². The molecule has 0 unspecified atom stereocenters. The Hall–Kier alpha value is -7.28. The van der Waals surface area contributed by atoms with Gasteiger partial charge in [-0.15, -0.1) is 0 Å². The van der Waals surface area contributed by atoms with Gasteiger partial charge in [0.1, 0.15) is 0 Å². The largest absolute Gasteiger partial charge is 0.0616 e. The maximum absolute atomic E-state index is 2.50. The highest BCUT2D eigenvalue weighted by Gasteiger charge is 2.21. The molecule has 0 saturated carbocycles. The highest BCUT2D eigenvalue weighted by molar-refractivity contribution is 6.35. The summed E-state index contributed by atoms with van der Waals surface area (Å²) in [5.41, 5.74) is 7.55. The SMILES string of the molecule is c1ccc2cc(-c3ccc4c(c3)c3ccccc3c3cc(-c5c6ccccc6c(-c6ccc7ccccc7c6)c6ccccc56)c5ccccc5c43)ccc2c1. The topological polar surface area (TPSA) is 0 Å². The minimum Gasteiger partial charge on any atom is -0.0616 e. The van der Waals surface area contributed by atoms with Gasteiger partial charge in [-0.3, -0.25) is 0 Å². The van der Waals surface area contributed by atoms with Crippen molar-refractivity contribution < 1.29 is 0 Å². The van der Waals surface area contributed by atoms with Crippen molar-refractivity contribution >= 4 is 86.2 Å². The smallest absolute Gasteiger partial charge is 0.00199 e. The molecule has 0 aliphatic carbocycles. The zero-order chi connectivity index (χ0) is 36.7. The van der Waals surface area contributed by atoms with Gasteiger partial charge in [0, 0.05) is 0 Å². The predicted octanol–water partition coefficient (Wildman–Crippen LogP) is 15.9. The minimum atomic E-state index is 1.23. The third-order valence-electron chi connectivity index (χ3n) is 12.2. The molecule has 0 aliphatic rings. The van der Waals surface area contributed by atoms with Crippen LogP contribution in [0.25, 0.3) is 120 Å². The second-order valence-electron chi connectivity index (χ2n) is 15.2. The Kier molecular flexibility index (Phi) is 6.73. The molecular formula is C56H34. The average Bonchev–Trinajstić information content (AvgIpc) is 3.27. The molecule has 258 valence electrons. The van der Waals surface area contributed by atoms with E-state index in [1.165, 1.54) is 120 Å². The first-order valence-electron chi connectivity index (χ1n) is 19.5. The summed E-state index contributed by atoms with van der Waals surface area (Å²) in [5, 5.41) is 20.4. The fourth-order valence-electron chi connectivity index (χ4n) is 9.65. The number of hydrogen-bond donors (Lipinski definition) is 0. The van der Waals surface area contributed by atoms with E-state index in [1.54, 1.807) is 0 Å². The summed E-state index contributed by atoms with van der Waals surface area (Å²) in [6, 6.07) is 76.7. The second-order valence-corrected chi connectivity index (χ2v) is 15.2. The number of rotatable bonds is 3. The predicted molar refractivity (Wildman–Crippen MR) is 243 cm³/mol. The van der Waals surface area contributed by atoms with Gasteiger partial charge in [-0.05, 0) is 144 Å². The Bertz CT molecular complexity index is 3530. The number of hydrogen-bond acceptors (Lipinski definition) is 0. The monoisotopic (exact) mass is 706 g/mol. The molecule has 0 aromatic heterocycles. The van der Waals surface area contributed by atoms with Crippen LogP contribution in [0, 0.1) is 0 Å². The molecule has 0 amide bonds. The van der Waals surface area contributed by atoms with Crippen LogP contribution in [-0.4, -0.2) is 0 Å². The highest BCUT2D eigenvalue weighted by atomic mass is 14.2. The fourth-order valence-corrected chi connectivity index (χ4v) is 9.65. The van der Waals surface area contributed by atoms with Crippen molar-refractivity contribution in [3.8, 4) is 33.4 Å². The van der Waals surface area contributed by atoms with E-state index in [0.717, 1.165) is 0 Å². The van der Waals surface area contributed by atoms with E-state index in [2.05, 4.69) is 206 Å². The van der Waals surface area contributed by atoms with Crippen LogP contribution in [0.1, 0.15) is 0 Å². The average molecular weight is 707 g/mol. The Morgan fingerprint density at radius 1 is 0.196 bits per heavy atom. The van der Waals surface area contributed by atoms with Crippen molar-refractivity contribution in [1.82, 2.24) is 0 Å². The lowest BCUT2D eigenvalue weighted by Gasteiger charge is -2.21. The summed E-state index contributed by atoms with van der Waals surface area (Å²) in [6.45, 7) is 0. The van der Waals surface area contributed by atoms with E-state index in [4.69, 9.17) is 0 Å². The Labute approximate surface area is 324 Å². The van der Waals surface area contributed by atoms with Crippen LogP contribution >= 0.6 is 0 Å². The first kappa shape index (κ1) is 31.1. The van der Waals surface area contributed by atoms with Gasteiger partial charge < -0.3 is 0 Å². The molecule has 12 rings (SSSR count). The maximum atomic E-state index is 2.50. The van der Waals surface area contributed by atoms with Crippen LogP contribution in [0.4, 0.5) is 0 Å². The zero-order valence-electron chi connectivity index (χ0n) is 30.6. The molecule has 0 spiro atoms. The molecule has 0 fully saturated rings. The van der Waals surface area contributed by atoms with Gasteiger partial charge in [0.15, 0.2) is 0 Å². The molecule has 12 aromatic carbocycles. The molecule has 0 nitrogen and oxygen atoms in total. The van der Waals surface area contributed by atoms with Crippen LogP contribution < -0.4 is 0 Å². The molecule has 0 aliphatic heterocycles. The zero-order valence-corrected chi connectivity index (χ0v) is 30.6. The highest BCUT2D eigenvalue weighted by Crippen LogP contribution is 2.49. The van der Waals surface area contributed by atoms with Crippen LogP contribution in [-0.2, 0) is 0 Å². The first-order chi connectivity index (χ1) is 27.8. The summed E-state index contributed by atoms with van der Waals surface area (Å²) >= 11 is 0. The van der Waals surface area contributed by atoms with Gasteiger partial charge in [0.2, 0.25) is 0 Å². The Morgan fingerprint density at radius 2 is 0.607 bits per heavy atom. The molecule has 0 heteroatoms. The van der Waals surface area contributed by atoms with Gasteiger partial charge in [-0.2, -0.15) is 0 Å². The van der Waals surface area contributed by atoms with Crippen molar-refractivity contribution in [1.29, 1.82) is 0 Å². The van der Waals surface area contributed by atoms with Crippen molar-refractivity contribution in [2.75, 3.05) is 0 Å². The molecule has 0 heterocycles. The van der Waals surface area contributed by atoms with Crippen LogP contribution in [0.2, 0.25) is 0 Å². The second kappa shape index (κ2) is 12.1. The lowest BCUT2D eigenvalue weighted by Crippen LogP contribution is -1.93. The van der Waals surface area contributed by atoms with Gasteiger partial charge >= 0.3 is 0 Å². The molecule has 0 saturated heterocycles. The third-order valence-corrected chi connectivity index (χ3v) is 12.2. The number of benzene rings is 12. The summed E-state index contributed by atoms with van der Waals surface area (Å²) in [5.74, 6) is 0. The fraction of sp³-hybridized carbons (Fsp3) is 0. The molecular weight excluding hydrogens is 673 g/mol. The Balaban J connectivity index is 1.18. The molecule has 56 heavy (non-hydrogen) atoms. The van der Waals surface area contributed by atoms with E-state index >= 15 is 0 Å². The van der Waals surface area contributed by atoms with E-state index in [9.17, 15) is 0 Å². The molecule has 0 N–H and O–H groups in total. The van der Waals surface area contributed by atoms with E-state index in [-0.39, 0.29) is 0 Å². The molecule has 0 radical (unpaired) electrons. The standard InChI is InChI=1S/C56H34/c1-3-15-37-31-39(27-25-35(37)13-1)40-29-30-50-51(33-40)42-17-5-6-18-43(42)52-34-53(44-19-7-8-20-45(44)55(50)52)56-48-23-11-9-21-46(48)54(47-22-10-12-24-49(47)56)41-28-26-36-14-2-4-16-38(36)32-41/h1-34H. The number of fused-ring (bicyclic) bond motifs is 12. The van der Waals surface area contributed by atoms with Crippen molar-refractivity contribution in [2.24, 2.45) is 0 Å². The van der Waals surface area contributed by atoms with Crippen LogP contribution in [0.3, 0.4) is 0 Å². The van der Waals surface area contributed by atoms with Gasteiger partial charge in [-0.1, -0.05) is 182 Å². The normalized spacial score (nSPS) is 11.9. The lowest BCUT2D eigenvalue weighted by atomic mass is 9.82. The van der Waals surface area contributed by atoms with Crippen molar-refractivity contribution in [2.45, 2.75) is 0 Å². The quantitative estimate of drug-likeness (QED) is 0.127. The minimum absolute atomic E-state index is 1.23. The van der Waals surface area contributed by atoms with E-state index in [0.29, 0.717) is 0 Å². The maximum Gasteiger partial charge on any atom is -0.00199 e.